The molecular weight excluding hydrogens is 180 g/mol. The Bertz CT molecular complexity index is 308. The molecule has 0 bridgehead atoms. The third kappa shape index (κ3) is 1.46. The molecule has 1 aromatic heterocycles. The van der Waals surface area contributed by atoms with Crippen molar-refractivity contribution in [3.8, 4) is 0 Å². The van der Waals surface area contributed by atoms with E-state index in [1.807, 2.05) is 12.3 Å². The molecule has 0 atom stereocenters. The number of hydrogen-bond donors (Lipinski definition) is 1. The molecule has 0 aliphatic heterocycles. The van der Waals surface area contributed by atoms with Crippen molar-refractivity contribution < 1.29 is 0 Å². The Kier molecular flexibility index (Phi) is 2.30. The summed E-state index contributed by atoms with van der Waals surface area (Å²) in [6.45, 7) is 0.756. The van der Waals surface area contributed by atoms with Crippen molar-refractivity contribution in [3.05, 3.63) is 23.9 Å². The van der Waals surface area contributed by atoms with Crippen molar-refractivity contribution in [2.24, 2.45) is 5.73 Å². The average molecular weight is 194 g/mol. The monoisotopic (exact) mass is 194 g/mol. The standard InChI is InChI=1S/C10H14N2S/c1-13-9-8(3-2-6-12-9)10(7-11)4-5-10/h2-3,6H,4-5,7,11H2,1H3. The van der Waals surface area contributed by atoms with Crippen LogP contribution in [0.3, 0.4) is 0 Å². The second-order valence-electron chi connectivity index (χ2n) is 3.54. The van der Waals surface area contributed by atoms with Gasteiger partial charge in [0, 0.05) is 18.2 Å². The van der Waals surface area contributed by atoms with Gasteiger partial charge in [0.05, 0.1) is 5.03 Å². The summed E-state index contributed by atoms with van der Waals surface area (Å²) in [5, 5.41) is 1.14. The Labute approximate surface area is 82.9 Å². The minimum Gasteiger partial charge on any atom is -0.330 e. The molecule has 1 aromatic rings. The van der Waals surface area contributed by atoms with Gasteiger partial charge in [0.15, 0.2) is 0 Å². The summed E-state index contributed by atoms with van der Waals surface area (Å²) in [4.78, 5) is 4.36. The van der Waals surface area contributed by atoms with E-state index in [1.54, 1.807) is 11.8 Å². The number of aromatic nitrogens is 1. The molecule has 0 amide bonds. The van der Waals surface area contributed by atoms with E-state index in [2.05, 4.69) is 17.3 Å². The molecule has 3 heteroatoms. The summed E-state index contributed by atoms with van der Waals surface area (Å²) in [6, 6.07) is 4.17. The topological polar surface area (TPSA) is 38.9 Å². The zero-order valence-electron chi connectivity index (χ0n) is 7.79. The number of thioether (sulfide) groups is 1. The van der Waals surface area contributed by atoms with E-state index in [4.69, 9.17) is 5.73 Å². The molecule has 2 nitrogen and oxygen atoms in total. The first kappa shape index (κ1) is 9.03. The van der Waals surface area contributed by atoms with Crippen LogP contribution in [0, 0.1) is 0 Å². The Hall–Kier alpha value is -0.540. The third-order valence-electron chi connectivity index (χ3n) is 2.78. The highest BCUT2D eigenvalue weighted by atomic mass is 32.2. The lowest BCUT2D eigenvalue weighted by Gasteiger charge is -2.14. The van der Waals surface area contributed by atoms with Crippen LogP contribution >= 0.6 is 11.8 Å². The lowest BCUT2D eigenvalue weighted by molar-refractivity contribution is 0.680. The second-order valence-corrected chi connectivity index (χ2v) is 4.34. The molecule has 0 saturated heterocycles. The molecule has 0 spiro atoms. The maximum Gasteiger partial charge on any atom is 0.0995 e. The minimum absolute atomic E-state index is 0.270. The van der Waals surface area contributed by atoms with E-state index < -0.39 is 0 Å². The highest BCUT2D eigenvalue weighted by molar-refractivity contribution is 7.98. The van der Waals surface area contributed by atoms with E-state index in [0.717, 1.165) is 11.6 Å². The van der Waals surface area contributed by atoms with Crippen molar-refractivity contribution in [1.29, 1.82) is 0 Å². The molecule has 1 aliphatic carbocycles. The Balaban J connectivity index is 2.39. The molecule has 2 N–H and O–H groups in total. The smallest absolute Gasteiger partial charge is 0.0995 e. The van der Waals surface area contributed by atoms with Crippen LogP contribution in [-0.4, -0.2) is 17.8 Å². The summed E-state index contributed by atoms with van der Waals surface area (Å²) in [7, 11) is 0. The molecule has 1 saturated carbocycles. The van der Waals surface area contributed by atoms with Crippen LogP contribution in [0.25, 0.3) is 0 Å². The van der Waals surface area contributed by atoms with E-state index in [-0.39, 0.29) is 5.41 Å². The molecule has 2 rings (SSSR count). The van der Waals surface area contributed by atoms with E-state index in [1.165, 1.54) is 18.4 Å². The van der Waals surface area contributed by atoms with Crippen LogP contribution < -0.4 is 5.73 Å². The van der Waals surface area contributed by atoms with Gasteiger partial charge in [-0.25, -0.2) is 4.98 Å². The van der Waals surface area contributed by atoms with Gasteiger partial charge in [0.25, 0.3) is 0 Å². The number of hydrogen-bond acceptors (Lipinski definition) is 3. The molecular formula is C10H14N2S. The van der Waals surface area contributed by atoms with Crippen molar-refractivity contribution in [3.63, 3.8) is 0 Å². The fourth-order valence-electron chi connectivity index (χ4n) is 1.69. The molecule has 1 fully saturated rings. The van der Waals surface area contributed by atoms with Crippen molar-refractivity contribution in [1.82, 2.24) is 4.98 Å². The normalized spacial score (nSPS) is 18.6. The second kappa shape index (κ2) is 3.31. The van der Waals surface area contributed by atoms with E-state index in [0.29, 0.717) is 0 Å². The van der Waals surface area contributed by atoms with Gasteiger partial charge in [-0.05, 0) is 30.7 Å². The first-order valence-electron chi connectivity index (χ1n) is 4.52. The molecule has 70 valence electrons. The van der Waals surface area contributed by atoms with Gasteiger partial charge in [-0.2, -0.15) is 0 Å². The van der Waals surface area contributed by atoms with Crippen LogP contribution in [0.4, 0.5) is 0 Å². The van der Waals surface area contributed by atoms with Gasteiger partial charge >= 0.3 is 0 Å². The summed E-state index contributed by atoms with van der Waals surface area (Å²) in [6.07, 6.45) is 6.37. The van der Waals surface area contributed by atoms with Gasteiger partial charge in [-0.1, -0.05) is 6.07 Å². The van der Waals surface area contributed by atoms with Gasteiger partial charge in [0.1, 0.15) is 0 Å². The predicted molar refractivity (Wildman–Crippen MR) is 56.0 cm³/mol. The molecule has 0 radical (unpaired) electrons. The zero-order chi connectivity index (χ0) is 9.31. The lowest BCUT2D eigenvalue weighted by Crippen LogP contribution is -2.20. The van der Waals surface area contributed by atoms with E-state index in [9.17, 15) is 0 Å². The first-order chi connectivity index (χ1) is 6.32. The third-order valence-corrected chi connectivity index (χ3v) is 3.49. The fourth-order valence-corrected chi connectivity index (χ4v) is 2.36. The fraction of sp³-hybridized carbons (Fsp3) is 0.500. The Morgan fingerprint density at radius 1 is 1.62 bits per heavy atom. The zero-order valence-corrected chi connectivity index (χ0v) is 8.60. The summed E-state index contributed by atoms with van der Waals surface area (Å²) in [5.74, 6) is 0. The summed E-state index contributed by atoms with van der Waals surface area (Å²) < 4.78 is 0. The average Bonchev–Trinajstić information content (AvgIpc) is 2.98. The van der Waals surface area contributed by atoms with Gasteiger partial charge in [0.2, 0.25) is 0 Å². The number of rotatable bonds is 3. The van der Waals surface area contributed by atoms with Crippen LogP contribution in [-0.2, 0) is 5.41 Å². The SMILES string of the molecule is CSc1ncccc1C1(CN)CC1. The largest absolute Gasteiger partial charge is 0.330 e. The predicted octanol–water partition coefficient (Wildman–Crippen LogP) is 1.79. The molecule has 1 aliphatic rings. The number of pyridine rings is 1. The minimum atomic E-state index is 0.270. The van der Waals surface area contributed by atoms with Gasteiger partial charge in [-0.3, -0.25) is 0 Å². The van der Waals surface area contributed by atoms with Crippen LogP contribution in [0.1, 0.15) is 18.4 Å². The van der Waals surface area contributed by atoms with Crippen molar-refractivity contribution in [2.45, 2.75) is 23.3 Å². The maximum absolute atomic E-state index is 5.79. The lowest BCUT2D eigenvalue weighted by atomic mass is 9.98. The highest BCUT2D eigenvalue weighted by Crippen LogP contribution is 2.49. The van der Waals surface area contributed by atoms with Crippen molar-refractivity contribution in [2.75, 3.05) is 12.8 Å². The quantitative estimate of drug-likeness (QED) is 0.746. The van der Waals surface area contributed by atoms with Crippen LogP contribution in [0.2, 0.25) is 0 Å². The summed E-state index contributed by atoms with van der Waals surface area (Å²) in [5.41, 5.74) is 7.41. The number of nitrogens with zero attached hydrogens (tertiary/aromatic N) is 1. The summed E-state index contributed by atoms with van der Waals surface area (Å²) >= 11 is 1.71. The molecule has 0 aromatic carbocycles. The highest BCUT2D eigenvalue weighted by Gasteiger charge is 2.44. The van der Waals surface area contributed by atoms with Crippen LogP contribution in [0.5, 0.6) is 0 Å². The molecule has 0 unspecified atom stereocenters. The Morgan fingerprint density at radius 2 is 2.38 bits per heavy atom. The number of nitrogens with two attached hydrogens (primary N) is 1. The van der Waals surface area contributed by atoms with Gasteiger partial charge in [-0.15, -0.1) is 11.8 Å². The first-order valence-corrected chi connectivity index (χ1v) is 5.74. The Morgan fingerprint density at radius 3 is 2.92 bits per heavy atom. The van der Waals surface area contributed by atoms with E-state index >= 15 is 0 Å². The molecule has 13 heavy (non-hydrogen) atoms. The molecule has 1 heterocycles. The van der Waals surface area contributed by atoms with Gasteiger partial charge < -0.3 is 5.73 Å². The maximum atomic E-state index is 5.79. The van der Waals surface area contributed by atoms with Crippen LogP contribution in [0.15, 0.2) is 23.4 Å². The van der Waals surface area contributed by atoms with Crippen molar-refractivity contribution >= 4 is 11.8 Å².